The van der Waals surface area contributed by atoms with Crippen LogP contribution in [0.1, 0.15) is 34.2 Å². The first-order valence-corrected chi connectivity index (χ1v) is 10.8. The van der Waals surface area contributed by atoms with Crippen LogP contribution in [0.3, 0.4) is 0 Å². The number of carbonyl (C=O) groups excluding carboxylic acids is 1. The summed E-state index contributed by atoms with van der Waals surface area (Å²) in [7, 11) is 1.57. The quantitative estimate of drug-likeness (QED) is 0.649. The summed E-state index contributed by atoms with van der Waals surface area (Å²) in [6.45, 7) is 11.3. The molecule has 1 aliphatic heterocycles. The molecule has 1 aromatic heterocycles. The van der Waals surface area contributed by atoms with Crippen LogP contribution in [-0.4, -0.2) is 68.4 Å². The van der Waals surface area contributed by atoms with Gasteiger partial charge in [0.2, 0.25) is 0 Å². The van der Waals surface area contributed by atoms with Gasteiger partial charge in [0.1, 0.15) is 17.3 Å². The largest absolute Gasteiger partial charge is 0.383 e. The van der Waals surface area contributed by atoms with Gasteiger partial charge in [0.25, 0.3) is 5.91 Å². The number of benzene rings is 1. The Kier molecular flexibility index (Phi) is 7.67. The van der Waals surface area contributed by atoms with Crippen LogP contribution in [0.4, 0.5) is 14.5 Å². The van der Waals surface area contributed by atoms with Crippen LogP contribution in [0.2, 0.25) is 0 Å². The molecule has 0 spiro atoms. The average Bonchev–Trinajstić information content (AvgIpc) is 3.00. The summed E-state index contributed by atoms with van der Waals surface area (Å²) >= 11 is 0. The third kappa shape index (κ3) is 4.91. The van der Waals surface area contributed by atoms with Gasteiger partial charge < -0.3 is 24.4 Å². The third-order valence-electron chi connectivity index (χ3n) is 6.05. The predicted molar refractivity (Wildman–Crippen MR) is 118 cm³/mol. The number of likely N-dealkylation sites (N-methyl/N-ethyl adjacent to an activating group) is 1. The van der Waals surface area contributed by atoms with Crippen molar-refractivity contribution in [2.75, 3.05) is 57.9 Å². The van der Waals surface area contributed by atoms with E-state index in [0.29, 0.717) is 18.8 Å². The molecule has 170 valence electrons. The number of nitrogens with one attached hydrogen (secondary N) is 1. The molecular formula is C23H32F2N4O2. The van der Waals surface area contributed by atoms with E-state index in [1.54, 1.807) is 11.7 Å². The Hall–Kier alpha value is -2.45. The zero-order valence-corrected chi connectivity index (χ0v) is 18.8. The van der Waals surface area contributed by atoms with Gasteiger partial charge in [0.05, 0.1) is 18.8 Å². The van der Waals surface area contributed by atoms with Crippen LogP contribution in [0, 0.1) is 25.5 Å². The lowest BCUT2D eigenvalue weighted by Gasteiger charge is -2.36. The van der Waals surface area contributed by atoms with Gasteiger partial charge in [-0.15, -0.1) is 0 Å². The van der Waals surface area contributed by atoms with Crippen molar-refractivity contribution in [2.45, 2.75) is 27.3 Å². The number of hydrogen-bond donors (Lipinski definition) is 1. The molecule has 2 heterocycles. The van der Waals surface area contributed by atoms with Crippen LogP contribution in [-0.2, 0) is 11.3 Å². The first kappa shape index (κ1) is 23.2. The van der Waals surface area contributed by atoms with Crippen LogP contribution in [0.15, 0.2) is 18.2 Å². The molecule has 8 heteroatoms. The summed E-state index contributed by atoms with van der Waals surface area (Å²) in [6.07, 6.45) is 0. The van der Waals surface area contributed by atoms with Crippen LogP contribution in [0.5, 0.6) is 0 Å². The van der Waals surface area contributed by atoms with Gasteiger partial charge in [-0.25, -0.2) is 8.78 Å². The maximum Gasteiger partial charge on any atom is 0.268 e. The van der Waals surface area contributed by atoms with Crippen molar-refractivity contribution in [1.82, 2.24) is 14.8 Å². The van der Waals surface area contributed by atoms with Crippen molar-refractivity contribution in [3.8, 4) is 0 Å². The molecular weight excluding hydrogens is 402 g/mol. The molecule has 0 aliphatic carbocycles. The molecule has 1 amide bonds. The first-order chi connectivity index (χ1) is 14.9. The Balaban J connectivity index is 2.01. The number of halogens is 2. The van der Waals surface area contributed by atoms with Crippen LogP contribution < -0.4 is 10.2 Å². The number of amides is 1. The Labute approximate surface area is 182 Å². The first-order valence-electron chi connectivity index (χ1n) is 10.8. The number of rotatable bonds is 8. The molecule has 0 saturated carbocycles. The summed E-state index contributed by atoms with van der Waals surface area (Å²) in [5.41, 5.74) is 3.03. The van der Waals surface area contributed by atoms with E-state index in [1.165, 1.54) is 18.2 Å². The smallest absolute Gasteiger partial charge is 0.268 e. The molecule has 0 atom stereocenters. The van der Waals surface area contributed by atoms with E-state index in [2.05, 4.69) is 22.0 Å². The minimum absolute atomic E-state index is 0.0473. The monoisotopic (exact) mass is 434 g/mol. The summed E-state index contributed by atoms with van der Waals surface area (Å²) in [5, 5.41) is 2.86. The van der Waals surface area contributed by atoms with Gasteiger partial charge in [-0.2, -0.15) is 0 Å². The highest BCUT2D eigenvalue weighted by molar-refractivity contribution is 5.96. The van der Waals surface area contributed by atoms with Crippen molar-refractivity contribution in [2.24, 2.45) is 0 Å². The lowest BCUT2D eigenvalue weighted by Crippen LogP contribution is -2.46. The SMILES string of the molecule is CCN1CCN(c2c(C)c(C(=O)NCCOC)n(Cc3c(F)cccc3F)c2C)CC1. The van der Waals surface area contributed by atoms with Crippen molar-refractivity contribution in [3.63, 3.8) is 0 Å². The van der Waals surface area contributed by atoms with Crippen LogP contribution >= 0.6 is 0 Å². The van der Waals surface area contributed by atoms with E-state index in [-0.39, 0.29) is 18.0 Å². The van der Waals surface area contributed by atoms with E-state index in [0.717, 1.165) is 49.7 Å². The summed E-state index contributed by atoms with van der Waals surface area (Å²) in [6, 6.07) is 3.83. The molecule has 2 aromatic rings. The fourth-order valence-electron chi connectivity index (χ4n) is 4.32. The molecule has 1 saturated heterocycles. The Morgan fingerprint density at radius 3 is 2.35 bits per heavy atom. The van der Waals surface area contributed by atoms with Gasteiger partial charge in [-0.05, 0) is 32.5 Å². The number of ether oxygens (including phenoxy) is 1. The zero-order valence-electron chi connectivity index (χ0n) is 18.8. The molecule has 31 heavy (non-hydrogen) atoms. The molecule has 1 N–H and O–H groups in total. The van der Waals surface area contributed by atoms with E-state index < -0.39 is 11.6 Å². The second kappa shape index (κ2) is 10.2. The Bertz CT molecular complexity index is 901. The lowest BCUT2D eigenvalue weighted by atomic mass is 10.1. The fraction of sp³-hybridized carbons (Fsp3) is 0.522. The number of aromatic nitrogens is 1. The molecule has 1 fully saturated rings. The zero-order chi connectivity index (χ0) is 22.5. The minimum Gasteiger partial charge on any atom is -0.383 e. The highest BCUT2D eigenvalue weighted by atomic mass is 19.1. The topological polar surface area (TPSA) is 49.7 Å². The van der Waals surface area contributed by atoms with Gasteiger partial charge >= 0.3 is 0 Å². The van der Waals surface area contributed by atoms with E-state index in [4.69, 9.17) is 4.74 Å². The normalized spacial score (nSPS) is 14.8. The van der Waals surface area contributed by atoms with E-state index in [9.17, 15) is 13.6 Å². The van der Waals surface area contributed by atoms with E-state index >= 15 is 0 Å². The highest BCUT2D eigenvalue weighted by Crippen LogP contribution is 2.33. The number of hydrogen-bond acceptors (Lipinski definition) is 4. The van der Waals surface area contributed by atoms with Crippen molar-refractivity contribution in [1.29, 1.82) is 0 Å². The molecule has 3 rings (SSSR count). The molecule has 1 aromatic carbocycles. The Morgan fingerprint density at radius 2 is 1.77 bits per heavy atom. The molecule has 0 radical (unpaired) electrons. The van der Waals surface area contributed by atoms with Crippen molar-refractivity contribution >= 4 is 11.6 Å². The molecule has 0 unspecified atom stereocenters. The Morgan fingerprint density at radius 1 is 1.13 bits per heavy atom. The minimum atomic E-state index is -0.616. The number of carbonyl (C=O) groups is 1. The second-order valence-electron chi connectivity index (χ2n) is 7.86. The maximum atomic E-state index is 14.4. The van der Waals surface area contributed by atoms with Gasteiger partial charge in [0.15, 0.2) is 0 Å². The van der Waals surface area contributed by atoms with Gasteiger partial charge in [-0.3, -0.25) is 4.79 Å². The van der Waals surface area contributed by atoms with Crippen LogP contribution in [0.25, 0.3) is 0 Å². The third-order valence-corrected chi connectivity index (χ3v) is 6.05. The standard InChI is InChI=1S/C23H32F2N4O2/c1-5-27-10-12-28(13-11-27)21-16(2)22(23(30)26-9-14-31-4)29(17(21)3)15-18-19(24)7-6-8-20(18)25/h6-8H,5,9-15H2,1-4H3,(H,26,30). The second-order valence-corrected chi connectivity index (χ2v) is 7.86. The highest BCUT2D eigenvalue weighted by Gasteiger charge is 2.28. The lowest BCUT2D eigenvalue weighted by molar-refractivity contribution is 0.0927. The maximum absolute atomic E-state index is 14.4. The van der Waals surface area contributed by atoms with Gasteiger partial charge in [-0.1, -0.05) is 13.0 Å². The number of methoxy groups -OCH3 is 1. The van der Waals surface area contributed by atoms with Crippen molar-refractivity contribution in [3.05, 3.63) is 52.3 Å². The van der Waals surface area contributed by atoms with Gasteiger partial charge in [0, 0.05) is 56.7 Å². The number of piperazine rings is 1. The van der Waals surface area contributed by atoms with E-state index in [1.807, 2.05) is 13.8 Å². The predicted octanol–water partition coefficient (Wildman–Crippen LogP) is 2.95. The summed E-state index contributed by atoms with van der Waals surface area (Å²) < 4.78 is 35.6. The number of anilines is 1. The number of nitrogens with zero attached hydrogens (tertiary/aromatic N) is 3. The van der Waals surface area contributed by atoms with Crippen molar-refractivity contribution < 1.29 is 18.3 Å². The summed E-state index contributed by atoms with van der Waals surface area (Å²) in [5.74, 6) is -1.50. The fourth-order valence-corrected chi connectivity index (χ4v) is 4.32. The summed E-state index contributed by atoms with van der Waals surface area (Å²) in [4.78, 5) is 17.7. The molecule has 1 aliphatic rings. The molecule has 6 nitrogen and oxygen atoms in total. The molecule has 0 bridgehead atoms. The average molecular weight is 435 g/mol.